The zero-order valence-electron chi connectivity index (χ0n) is 30.1. The highest BCUT2D eigenvalue weighted by atomic mass is 15.2. The Morgan fingerprint density at radius 3 is 1.45 bits per heavy atom. The summed E-state index contributed by atoms with van der Waals surface area (Å²) in [5, 5.41) is 0. The minimum atomic E-state index is -0.492. The number of aryl methyl sites for hydroxylation is 2. The lowest BCUT2D eigenvalue weighted by molar-refractivity contribution is 0.793. The number of allylic oxidation sites excluding steroid dienone is 3. The van der Waals surface area contributed by atoms with Crippen LogP contribution >= 0.6 is 0 Å². The summed E-state index contributed by atoms with van der Waals surface area (Å²) in [5.74, 6) is 0. The molecule has 2 nitrogen and oxygen atoms in total. The quantitative estimate of drug-likeness (QED) is 0.172. The Bertz CT molecular complexity index is 2560. The maximum atomic E-state index is 2.50. The molecular weight excluding hydrogens is 641 g/mol. The maximum Gasteiger partial charge on any atom is 0.0727 e. The van der Waals surface area contributed by atoms with Gasteiger partial charge < -0.3 is 9.80 Å². The summed E-state index contributed by atoms with van der Waals surface area (Å²) >= 11 is 0. The van der Waals surface area contributed by atoms with Gasteiger partial charge in [-0.15, -0.1) is 0 Å². The van der Waals surface area contributed by atoms with Gasteiger partial charge in [-0.2, -0.15) is 0 Å². The second-order valence-corrected chi connectivity index (χ2v) is 14.6. The molecule has 1 spiro atoms. The lowest BCUT2D eigenvalue weighted by Crippen LogP contribution is -2.27. The number of rotatable bonds is 6. The zero-order chi connectivity index (χ0) is 35.5. The molecule has 10 rings (SSSR count). The van der Waals surface area contributed by atoms with E-state index in [1.54, 1.807) is 0 Å². The molecular formula is C51H40N2. The van der Waals surface area contributed by atoms with Gasteiger partial charge in [0, 0.05) is 34.1 Å². The summed E-state index contributed by atoms with van der Waals surface area (Å²) in [6.45, 7) is 4.35. The Morgan fingerprint density at radius 1 is 0.396 bits per heavy atom. The first kappa shape index (κ1) is 31.4. The van der Waals surface area contributed by atoms with E-state index in [1.165, 1.54) is 72.7 Å². The molecule has 0 saturated carbocycles. The monoisotopic (exact) mass is 680 g/mol. The van der Waals surface area contributed by atoms with Crippen molar-refractivity contribution in [3.05, 3.63) is 221 Å². The number of nitrogens with zero attached hydrogens (tertiary/aromatic N) is 2. The summed E-state index contributed by atoms with van der Waals surface area (Å²) in [5.41, 5.74) is 19.6. The highest BCUT2D eigenvalue weighted by Crippen LogP contribution is 2.64. The lowest BCUT2D eigenvalue weighted by Gasteiger charge is -2.33. The van der Waals surface area contributed by atoms with Crippen molar-refractivity contribution in [3.8, 4) is 22.3 Å². The van der Waals surface area contributed by atoms with Crippen LogP contribution in [0.4, 0.5) is 28.4 Å². The molecule has 0 atom stereocenters. The second-order valence-electron chi connectivity index (χ2n) is 14.6. The predicted octanol–water partition coefficient (Wildman–Crippen LogP) is 13.5. The maximum absolute atomic E-state index is 2.50. The van der Waals surface area contributed by atoms with Crippen molar-refractivity contribution in [2.45, 2.75) is 32.1 Å². The zero-order valence-corrected chi connectivity index (χ0v) is 30.1. The van der Waals surface area contributed by atoms with E-state index in [-0.39, 0.29) is 0 Å². The first-order valence-electron chi connectivity index (χ1n) is 18.8. The van der Waals surface area contributed by atoms with Gasteiger partial charge in [0.1, 0.15) is 0 Å². The van der Waals surface area contributed by atoms with Crippen molar-refractivity contribution in [3.63, 3.8) is 0 Å². The highest BCUT2D eigenvalue weighted by Gasteiger charge is 2.52. The van der Waals surface area contributed by atoms with Crippen molar-refractivity contribution in [2.75, 3.05) is 9.80 Å². The molecule has 7 aromatic carbocycles. The van der Waals surface area contributed by atoms with E-state index in [1.807, 2.05) is 0 Å². The number of para-hydroxylation sites is 1. The van der Waals surface area contributed by atoms with Crippen molar-refractivity contribution in [2.24, 2.45) is 0 Å². The highest BCUT2D eigenvalue weighted by molar-refractivity contribution is 5.97. The topological polar surface area (TPSA) is 6.48 Å². The van der Waals surface area contributed by atoms with Crippen LogP contribution in [-0.2, 0) is 5.41 Å². The number of benzene rings is 7. The van der Waals surface area contributed by atoms with Crippen molar-refractivity contribution < 1.29 is 0 Å². The fraction of sp³-hybridized carbons (Fsp3) is 0.0980. The van der Waals surface area contributed by atoms with Crippen LogP contribution in [0.2, 0.25) is 0 Å². The van der Waals surface area contributed by atoms with E-state index >= 15 is 0 Å². The van der Waals surface area contributed by atoms with Crippen LogP contribution in [0, 0.1) is 13.8 Å². The van der Waals surface area contributed by atoms with Crippen LogP contribution in [0.15, 0.2) is 188 Å². The Balaban J connectivity index is 1.25. The van der Waals surface area contributed by atoms with Gasteiger partial charge in [-0.05, 0) is 149 Å². The standard InChI is InChI=1S/C51H40N2/c1-35-15-13-21-39(31-35)52(37-17-5-3-6-18-37)41-27-29-45-46-30-28-42(53(38-19-7-4-8-20-38)40-22-14-16-36(2)32-40)34-50(46)51(49(45)33-41)47-25-11-9-23-43(47)44-24-10-12-26-48(44)51/h3,5-7,9-34H,4,8H2,1-2H3. The molecule has 3 aliphatic rings. The van der Waals surface area contributed by atoms with Crippen LogP contribution in [0.25, 0.3) is 22.3 Å². The van der Waals surface area contributed by atoms with E-state index in [0.29, 0.717) is 0 Å². The molecule has 2 heteroatoms. The Labute approximate surface area is 312 Å². The van der Waals surface area contributed by atoms with Gasteiger partial charge in [-0.1, -0.05) is 115 Å². The molecule has 0 heterocycles. The first-order chi connectivity index (χ1) is 26.1. The van der Waals surface area contributed by atoms with Gasteiger partial charge in [0.05, 0.1) is 5.41 Å². The molecule has 0 N–H and O–H groups in total. The fourth-order valence-corrected chi connectivity index (χ4v) is 9.16. The molecule has 7 aromatic rings. The van der Waals surface area contributed by atoms with E-state index in [4.69, 9.17) is 0 Å². The van der Waals surface area contributed by atoms with E-state index in [9.17, 15) is 0 Å². The van der Waals surface area contributed by atoms with Gasteiger partial charge >= 0.3 is 0 Å². The minimum Gasteiger partial charge on any atom is -0.311 e. The molecule has 0 bridgehead atoms. The predicted molar refractivity (Wildman–Crippen MR) is 222 cm³/mol. The molecule has 53 heavy (non-hydrogen) atoms. The summed E-state index contributed by atoms with van der Waals surface area (Å²) < 4.78 is 0. The number of hydrogen-bond donors (Lipinski definition) is 0. The van der Waals surface area contributed by atoms with Crippen molar-refractivity contribution in [1.29, 1.82) is 0 Å². The number of hydrogen-bond acceptors (Lipinski definition) is 2. The van der Waals surface area contributed by atoms with Crippen molar-refractivity contribution >= 4 is 28.4 Å². The third kappa shape index (κ3) is 4.86. The molecule has 0 aliphatic heterocycles. The van der Waals surface area contributed by atoms with Crippen LogP contribution < -0.4 is 9.80 Å². The van der Waals surface area contributed by atoms with Crippen LogP contribution in [-0.4, -0.2) is 0 Å². The lowest BCUT2D eigenvalue weighted by atomic mass is 9.70. The van der Waals surface area contributed by atoms with Crippen LogP contribution in [0.5, 0.6) is 0 Å². The molecule has 0 fully saturated rings. The van der Waals surface area contributed by atoms with E-state index < -0.39 is 5.41 Å². The summed E-state index contributed by atoms with van der Waals surface area (Å²) in [4.78, 5) is 4.86. The summed E-state index contributed by atoms with van der Waals surface area (Å²) in [6, 6.07) is 61.1. The Hall–Kier alpha value is -6.38. The summed E-state index contributed by atoms with van der Waals surface area (Å²) in [7, 11) is 0. The molecule has 0 aromatic heterocycles. The average molecular weight is 681 g/mol. The second kappa shape index (κ2) is 12.4. The normalized spacial score (nSPS) is 14.3. The van der Waals surface area contributed by atoms with Crippen LogP contribution in [0.1, 0.15) is 46.2 Å². The largest absolute Gasteiger partial charge is 0.311 e. The third-order valence-corrected chi connectivity index (χ3v) is 11.3. The Morgan fingerprint density at radius 2 is 0.887 bits per heavy atom. The average Bonchev–Trinajstić information content (AvgIpc) is 3.66. The van der Waals surface area contributed by atoms with Gasteiger partial charge in [0.15, 0.2) is 0 Å². The van der Waals surface area contributed by atoms with E-state index in [0.717, 1.165) is 29.9 Å². The Kier molecular flexibility index (Phi) is 7.33. The molecule has 0 radical (unpaired) electrons. The van der Waals surface area contributed by atoms with E-state index in [2.05, 4.69) is 206 Å². The smallest absolute Gasteiger partial charge is 0.0727 e. The number of anilines is 5. The molecule has 0 saturated heterocycles. The molecule has 254 valence electrons. The van der Waals surface area contributed by atoms with Gasteiger partial charge in [-0.3, -0.25) is 0 Å². The first-order valence-corrected chi connectivity index (χ1v) is 18.8. The van der Waals surface area contributed by atoms with Crippen molar-refractivity contribution in [1.82, 2.24) is 0 Å². The van der Waals surface area contributed by atoms with Gasteiger partial charge in [0.25, 0.3) is 0 Å². The SMILES string of the molecule is Cc1cccc(N(C2=CCCC=C2)c2ccc3c(c2)C2(c4ccccc4-c4ccccc42)c2cc(N(c4ccccc4)c4cccc(C)c4)ccc2-3)c1. The van der Waals surface area contributed by atoms with Gasteiger partial charge in [-0.25, -0.2) is 0 Å². The van der Waals surface area contributed by atoms with Gasteiger partial charge in [0.2, 0.25) is 0 Å². The minimum absolute atomic E-state index is 0.492. The molecule has 0 unspecified atom stereocenters. The number of fused-ring (bicyclic) bond motifs is 10. The third-order valence-electron chi connectivity index (χ3n) is 11.3. The van der Waals surface area contributed by atoms with Crippen LogP contribution in [0.3, 0.4) is 0 Å². The molecule has 0 amide bonds. The molecule has 3 aliphatic carbocycles. The fourth-order valence-electron chi connectivity index (χ4n) is 9.16. The summed E-state index contributed by atoms with van der Waals surface area (Å²) in [6.07, 6.45) is 9.10.